The number of hydrogen-bond acceptors (Lipinski definition) is 13. The molecule has 0 N–H and O–H groups in total. The Morgan fingerprint density at radius 3 is 1.67 bits per heavy atom. The highest BCUT2D eigenvalue weighted by Crippen LogP contribution is 2.30. The van der Waals surface area contributed by atoms with Gasteiger partial charge in [0, 0.05) is 37.8 Å². The van der Waals surface area contributed by atoms with Gasteiger partial charge in [-0.25, -0.2) is 9.59 Å². The van der Waals surface area contributed by atoms with Crippen LogP contribution in [-0.4, -0.2) is 80.2 Å². The van der Waals surface area contributed by atoms with Crippen molar-refractivity contribution in [3.05, 3.63) is 12.2 Å². The van der Waals surface area contributed by atoms with Crippen molar-refractivity contribution >= 4 is 35.8 Å². The van der Waals surface area contributed by atoms with E-state index in [0.717, 1.165) is 19.3 Å². The molecule has 0 aromatic heterocycles. The first-order chi connectivity index (χ1) is 17.1. The van der Waals surface area contributed by atoms with Gasteiger partial charge in [-0.3, -0.25) is 19.2 Å². The lowest BCUT2D eigenvalue weighted by Crippen LogP contribution is -2.63. The monoisotopic (exact) mass is 516 g/mol. The van der Waals surface area contributed by atoms with Crippen molar-refractivity contribution < 1.29 is 61.9 Å². The highest BCUT2D eigenvalue weighted by Gasteiger charge is 2.54. The SMILES string of the molecule is CCC(=O)OC[C@H]1O[C@H](OC(=O)CC)[C@H](OC(=O)CC)[C@@H](OC(=O)CC)[C@H]1OC(=O)/C=C/C(=O)OC. The van der Waals surface area contributed by atoms with E-state index in [1.165, 1.54) is 20.8 Å². The Bertz CT molecular complexity index is 834. The third-order valence-corrected chi connectivity index (χ3v) is 4.75. The predicted molar refractivity (Wildman–Crippen MR) is 118 cm³/mol. The minimum atomic E-state index is -1.58. The summed E-state index contributed by atoms with van der Waals surface area (Å²) < 4.78 is 36.7. The molecular weight excluding hydrogens is 484 g/mol. The van der Waals surface area contributed by atoms with Crippen LogP contribution in [0.3, 0.4) is 0 Å². The van der Waals surface area contributed by atoms with Gasteiger partial charge in [0.1, 0.15) is 12.7 Å². The van der Waals surface area contributed by atoms with Gasteiger partial charge in [0.2, 0.25) is 12.4 Å². The molecule has 0 amide bonds. The smallest absolute Gasteiger partial charge is 0.331 e. The van der Waals surface area contributed by atoms with Crippen molar-refractivity contribution in [2.24, 2.45) is 0 Å². The number of ether oxygens (including phenoxy) is 7. The standard InChI is InChI=1S/C23H32O13/c1-6-14(24)31-12-13-20(35-19(29)11-10-18(28)30-5)21(33-15(25)7-2)22(34-16(26)8-3)23(32-13)36-17(27)9-4/h10-11,13,20-23H,6-9,12H2,1-5H3/b11-10+/t13-,20+,21+,22-,23-/m1/s1. The lowest BCUT2D eigenvalue weighted by atomic mass is 9.98. The second-order valence-corrected chi connectivity index (χ2v) is 7.30. The highest BCUT2D eigenvalue weighted by molar-refractivity contribution is 5.91. The molecule has 0 radical (unpaired) electrons. The number of rotatable bonds is 12. The Morgan fingerprint density at radius 2 is 1.14 bits per heavy atom. The molecule has 1 aliphatic rings. The minimum Gasteiger partial charge on any atom is -0.466 e. The lowest BCUT2D eigenvalue weighted by Gasteiger charge is -2.43. The predicted octanol–water partition coefficient (Wildman–Crippen LogP) is 0.902. The zero-order valence-electron chi connectivity index (χ0n) is 20.9. The summed E-state index contributed by atoms with van der Waals surface area (Å²) in [6.07, 6.45) is -6.07. The van der Waals surface area contributed by atoms with Crippen molar-refractivity contribution in [1.29, 1.82) is 0 Å². The number of methoxy groups -OCH3 is 1. The third kappa shape index (κ3) is 9.64. The molecule has 0 aromatic rings. The van der Waals surface area contributed by atoms with Crippen LogP contribution < -0.4 is 0 Å². The number of carbonyl (C=O) groups is 6. The van der Waals surface area contributed by atoms with Crippen LogP contribution in [0.15, 0.2) is 12.2 Å². The van der Waals surface area contributed by atoms with E-state index in [-0.39, 0.29) is 25.7 Å². The summed E-state index contributed by atoms with van der Waals surface area (Å²) in [4.78, 5) is 72.0. The van der Waals surface area contributed by atoms with Gasteiger partial charge in [0.15, 0.2) is 12.2 Å². The molecule has 1 aliphatic heterocycles. The summed E-state index contributed by atoms with van der Waals surface area (Å²) in [5, 5.41) is 0. The molecule has 1 saturated heterocycles. The molecule has 0 unspecified atom stereocenters. The molecule has 202 valence electrons. The van der Waals surface area contributed by atoms with Crippen molar-refractivity contribution in [2.45, 2.75) is 84.1 Å². The van der Waals surface area contributed by atoms with Crippen LogP contribution in [0.1, 0.15) is 53.4 Å². The molecule has 13 heteroatoms. The van der Waals surface area contributed by atoms with Gasteiger partial charge in [-0.15, -0.1) is 0 Å². The van der Waals surface area contributed by atoms with E-state index in [1.54, 1.807) is 6.92 Å². The van der Waals surface area contributed by atoms with E-state index in [0.29, 0.717) is 0 Å². The summed E-state index contributed by atoms with van der Waals surface area (Å²) in [5.41, 5.74) is 0. The molecule has 0 aromatic carbocycles. The average Bonchev–Trinajstić information content (AvgIpc) is 2.88. The van der Waals surface area contributed by atoms with Gasteiger partial charge in [0.05, 0.1) is 7.11 Å². The van der Waals surface area contributed by atoms with Crippen LogP contribution >= 0.6 is 0 Å². The van der Waals surface area contributed by atoms with Crippen LogP contribution in [0.4, 0.5) is 0 Å². The van der Waals surface area contributed by atoms with Gasteiger partial charge >= 0.3 is 35.8 Å². The van der Waals surface area contributed by atoms with Crippen molar-refractivity contribution in [2.75, 3.05) is 13.7 Å². The second-order valence-electron chi connectivity index (χ2n) is 7.30. The Morgan fingerprint density at radius 1 is 0.639 bits per heavy atom. The minimum absolute atomic E-state index is 0.0261. The van der Waals surface area contributed by atoms with Gasteiger partial charge in [0.25, 0.3) is 0 Å². The lowest BCUT2D eigenvalue weighted by molar-refractivity contribution is -0.300. The van der Waals surface area contributed by atoms with Crippen molar-refractivity contribution in [3.8, 4) is 0 Å². The topological polar surface area (TPSA) is 167 Å². The second kappa shape index (κ2) is 15.5. The summed E-state index contributed by atoms with van der Waals surface area (Å²) in [5.74, 6) is -4.74. The zero-order valence-corrected chi connectivity index (χ0v) is 20.9. The Balaban J connectivity index is 3.47. The molecule has 36 heavy (non-hydrogen) atoms. The van der Waals surface area contributed by atoms with E-state index >= 15 is 0 Å². The van der Waals surface area contributed by atoms with Gasteiger partial charge in [-0.05, 0) is 0 Å². The molecule has 0 bridgehead atoms. The summed E-state index contributed by atoms with van der Waals surface area (Å²) >= 11 is 0. The molecule has 0 saturated carbocycles. The molecule has 1 rings (SSSR count). The summed E-state index contributed by atoms with van der Waals surface area (Å²) in [6.45, 7) is 5.60. The first kappa shape index (κ1) is 30.6. The zero-order chi connectivity index (χ0) is 27.3. The van der Waals surface area contributed by atoms with Crippen LogP contribution in [0.2, 0.25) is 0 Å². The fourth-order valence-electron chi connectivity index (χ4n) is 2.85. The van der Waals surface area contributed by atoms with E-state index < -0.39 is 73.1 Å². The average molecular weight is 516 g/mol. The molecule has 1 fully saturated rings. The maximum absolute atomic E-state index is 12.4. The van der Waals surface area contributed by atoms with Crippen LogP contribution in [0.25, 0.3) is 0 Å². The van der Waals surface area contributed by atoms with Crippen LogP contribution in [0.5, 0.6) is 0 Å². The maximum Gasteiger partial charge on any atom is 0.331 e. The Hall–Kier alpha value is -3.48. The fraction of sp³-hybridized carbons (Fsp3) is 0.652. The number of carbonyl (C=O) groups excluding carboxylic acids is 6. The van der Waals surface area contributed by atoms with Crippen LogP contribution in [-0.2, 0) is 61.9 Å². The number of hydrogen-bond donors (Lipinski definition) is 0. The number of esters is 6. The molecular formula is C23H32O13. The third-order valence-electron chi connectivity index (χ3n) is 4.75. The highest BCUT2D eigenvalue weighted by atomic mass is 16.7. The first-order valence-electron chi connectivity index (χ1n) is 11.5. The summed E-state index contributed by atoms with van der Waals surface area (Å²) in [6, 6.07) is 0. The quantitative estimate of drug-likeness (QED) is 0.204. The van der Waals surface area contributed by atoms with E-state index in [9.17, 15) is 28.8 Å². The van der Waals surface area contributed by atoms with Crippen LogP contribution in [0, 0.1) is 0 Å². The first-order valence-corrected chi connectivity index (χ1v) is 11.5. The van der Waals surface area contributed by atoms with E-state index in [1.807, 2.05) is 0 Å². The Labute approximate surface area is 208 Å². The molecule has 1 heterocycles. The van der Waals surface area contributed by atoms with Gasteiger partial charge in [-0.2, -0.15) is 0 Å². The van der Waals surface area contributed by atoms with Crippen molar-refractivity contribution in [1.82, 2.24) is 0 Å². The molecule has 5 atom stereocenters. The molecule has 13 nitrogen and oxygen atoms in total. The van der Waals surface area contributed by atoms with E-state index in [4.69, 9.17) is 28.4 Å². The Kier molecular flexibility index (Phi) is 13.2. The van der Waals surface area contributed by atoms with E-state index in [2.05, 4.69) is 4.74 Å². The maximum atomic E-state index is 12.4. The van der Waals surface area contributed by atoms with Gasteiger partial charge < -0.3 is 33.2 Å². The molecule has 0 spiro atoms. The fourth-order valence-corrected chi connectivity index (χ4v) is 2.85. The normalized spacial score (nSPS) is 23.3. The largest absolute Gasteiger partial charge is 0.466 e. The van der Waals surface area contributed by atoms with Gasteiger partial charge in [-0.1, -0.05) is 27.7 Å². The van der Waals surface area contributed by atoms with Crippen molar-refractivity contribution in [3.63, 3.8) is 0 Å². The summed E-state index contributed by atoms with van der Waals surface area (Å²) in [7, 11) is 1.11. The molecule has 0 aliphatic carbocycles.